The summed E-state index contributed by atoms with van der Waals surface area (Å²) in [5, 5.41) is 13.7. The lowest BCUT2D eigenvalue weighted by molar-refractivity contribution is -0.385. The van der Waals surface area contributed by atoms with Crippen LogP contribution in [-0.4, -0.2) is 67.0 Å². The van der Waals surface area contributed by atoms with Crippen molar-refractivity contribution in [1.29, 1.82) is 0 Å². The molecule has 31 heavy (non-hydrogen) atoms. The second-order valence-corrected chi connectivity index (χ2v) is 9.29. The molecular weight excluding hydrogens is 422 g/mol. The molecule has 166 valence electrons. The highest BCUT2D eigenvalue weighted by atomic mass is 32.2. The van der Waals surface area contributed by atoms with E-state index in [1.807, 2.05) is 23.1 Å². The Labute approximate surface area is 181 Å². The highest BCUT2D eigenvalue weighted by molar-refractivity contribution is 7.89. The van der Waals surface area contributed by atoms with E-state index in [9.17, 15) is 23.3 Å². The van der Waals surface area contributed by atoms with Gasteiger partial charge in [0.15, 0.2) is 0 Å². The summed E-state index contributed by atoms with van der Waals surface area (Å²) in [6.45, 7) is 3.59. The molecule has 0 unspecified atom stereocenters. The van der Waals surface area contributed by atoms with Gasteiger partial charge in [0.05, 0.1) is 10.7 Å². The maximum absolute atomic E-state index is 12.6. The molecule has 1 saturated heterocycles. The van der Waals surface area contributed by atoms with Crippen LogP contribution in [0.2, 0.25) is 0 Å². The van der Waals surface area contributed by atoms with Gasteiger partial charge in [0.25, 0.3) is 11.6 Å². The molecule has 0 atom stereocenters. The van der Waals surface area contributed by atoms with Crippen molar-refractivity contribution in [2.75, 3.05) is 43.4 Å². The molecule has 0 spiro atoms. The van der Waals surface area contributed by atoms with E-state index >= 15 is 0 Å². The minimum atomic E-state index is -3.43. The first-order valence-electron chi connectivity index (χ1n) is 9.95. The molecule has 1 amide bonds. The molecule has 11 heteroatoms. The van der Waals surface area contributed by atoms with Gasteiger partial charge in [-0.25, -0.2) is 13.4 Å². The van der Waals surface area contributed by atoms with Crippen molar-refractivity contribution >= 4 is 27.4 Å². The number of carbonyl (C=O) groups is 1. The van der Waals surface area contributed by atoms with Crippen LogP contribution in [-0.2, 0) is 10.0 Å². The molecule has 2 heterocycles. The van der Waals surface area contributed by atoms with E-state index in [0.717, 1.165) is 5.82 Å². The van der Waals surface area contributed by atoms with Crippen molar-refractivity contribution in [2.24, 2.45) is 0 Å². The Kier molecular flexibility index (Phi) is 7.18. The Morgan fingerprint density at radius 2 is 1.90 bits per heavy atom. The number of piperazine rings is 1. The number of pyridine rings is 1. The Balaban J connectivity index is 1.47. The lowest BCUT2D eigenvalue weighted by Crippen LogP contribution is -2.49. The number of carbonyl (C=O) groups excluding carboxylic acids is 1. The molecule has 0 aliphatic carbocycles. The zero-order valence-electron chi connectivity index (χ0n) is 17.2. The summed E-state index contributed by atoms with van der Waals surface area (Å²) in [7, 11) is -3.43. The number of nitrogens with one attached hydrogen (secondary N) is 1. The summed E-state index contributed by atoms with van der Waals surface area (Å²) in [5.74, 6) is 0.298. The zero-order chi connectivity index (χ0) is 22.4. The first-order chi connectivity index (χ1) is 14.8. The van der Waals surface area contributed by atoms with E-state index in [1.165, 1.54) is 29.4 Å². The van der Waals surface area contributed by atoms with Crippen LogP contribution in [0, 0.1) is 17.0 Å². The third kappa shape index (κ3) is 5.56. The fourth-order valence-corrected chi connectivity index (χ4v) is 4.97. The molecule has 1 aliphatic rings. The molecule has 3 rings (SSSR count). The van der Waals surface area contributed by atoms with Crippen LogP contribution in [0.5, 0.6) is 0 Å². The van der Waals surface area contributed by atoms with Gasteiger partial charge in [0.2, 0.25) is 10.0 Å². The highest BCUT2D eigenvalue weighted by Crippen LogP contribution is 2.21. The summed E-state index contributed by atoms with van der Waals surface area (Å²) in [6.07, 6.45) is 1.96. The number of nitro groups is 1. The van der Waals surface area contributed by atoms with Gasteiger partial charge in [-0.1, -0.05) is 12.1 Å². The number of nitro benzene ring substituents is 1. The normalized spacial score (nSPS) is 14.9. The minimum absolute atomic E-state index is 0.0786. The molecule has 0 saturated carbocycles. The van der Waals surface area contributed by atoms with E-state index in [1.54, 1.807) is 6.20 Å². The van der Waals surface area contributed by atoms with Crippen molar-refractivity contribution in [3.63, 3.8) is 0 Å². The van der Waals surface area contributed by atoms with E-state index in [0.29, 0.717) is 26.2 Å². The highest BCUT2D eigenvalue weighted by Gasteiger charge is 2.27. The molecule has 1 aliphatic heterocycles. The topological polar surface area (TPSA) is 126 Å². The Bertz CT molecular complexity index is 1040. The number of benzene rings is 1. The summed E-state index contributed by atoms with van der Waals surface area (Å²) in [6, 6.07) is 9.94. The molecule has 1 N–H and O–H groups in total. The summed E-state index contributed by atoms with van der Waals surface area (Å²) in [5.41, 5.74) is 0.367. The lowest BCUT2D eigenvalue weighted by atomic mass is 10.1. The summed E-state index contributed by atoms with van der Waals surface area (Å²) < 4.78 is 26.7. The molecule has 0 radical (unpaired) electrons. The monoisotopic (exact) mass is 447 g/mol. The second-order valence-electron chi connectivity index (χ2n) is 7.21. The van der Waals surface area contributed by atoms with Gasteiger partial charge in [-0.3, -0.25) is 14.9 Å². The minimum Gasteiger partial charge on any atom is -0.354 e. The SMILES string of the molecule is Cc1c(C(=O)NCCCS(=O)(=O)N2CCN(c3ccccn3)CC2)cccc1[N+](=O)[O-]. The number of amides is 1. The number of nitrogens with zero attached hydrogens (tertiary/aromatic N) is 4. The second kappa shape index (κ2) is 9.84. The van der Waals surface area contributed by atoms with Gasteiger partial charge in [0, 0.05) is 56.1 Å². The predicted octanol–water partition coefficient (Wildman–Crippen LogP) is 1.57. The van der Waals surface area contributed by atoms with Crippen molar-refractivity contribution in [1.82, 2.24) is 14.6 Å². The maximum atomic E-state index is 12.6. The Morgan fingerprint density at radius 1 is 1.16 bits per heavy atom. The molecule has 1 aromatic heterocycles. The third-order valence-electron chi connectivity index (χ3n) is 5.22. The largest absolute Gasteiger partial charge is 0.354 e. The summed E-state index contributed by atoms with van der Waals surface area (Å²) >= 11 is 0. The van der Waals surface area contributed by atoms with Gasteiger partial charge in [0.1, 0.15) is 5.82 Å². The van der Waals surface area contributed by atoms with Crippen molar-refractivity contribution in [2.45, 2.75) is 13.3 Å². The van der Waals surface area contributed by atoms with Gasteiger partial charge >= 0.3 is 0 Å². The van der Waals surface area contributed by atoms with Crippen LogP contribution in [0.3, 0.4) is 0 Å². The number of hydrogen-bond donors (Lipinski definition) is 1. The molecule has 1 fully saturated rings. The van der Waals surface area contributed by atoms with Crippen molar-refractivity contribution in [3.8, 4) is 0 Å². The number of rotatable bonds is 8. The van der Waals surface area contributed by atoms with Gasteiger partial charge in [-0.15, -0.1) is 0 Å². The quantitative estimate of drug-likeness (QED) is 0.370. The van der Waals surface area contributed by atoms with Crippen molar-refractivity contribution in [3.05, 3.63) is 63.8 Å². The first-order valence-corrected chi connectivity index (χ1v) is 11.6. The molecule has 0 bridgehead atoms. The van der Waals surface area contributed by atoms with E-state index in [2.05, 4.69) is 10.3 Å². The van der Waals surface area contributed by atoms with Crippen LogP contribution in [0.1, 0.15) is 22.3 Å². The van der Waals surface area contributed by atoms with Crippen LogP contribution >= 0.6 is 0 Å². The molecular formula is C20H25N5O5S. The number of sulfonamides is 1. The smallest absolute Gasteiger partial charge is 0.273 e. The standard InChI is InChI=1S/C20H25N5O5S/c1-16-17(6-4-7-18(16)25(27)28)20(26)22-10-5-15-31(29,30)24-13-11-23(12-14-24)19-8-2-3-9-21-19/h2-4,6-9H,5,10-15H2,1H3,(H,22,26). The van der Waals surface area contributed by atoms with Crippen LogP contribution < -0.4 is 10.2 Å². The Hall–Kier alpha value is -3.05. The third-order valence-corrected chi connectivity index (χ3v) is 7.17. The molecule has 1 aromatic carbocycles. The van der Waals surface area contributed by atoms with Crippen LogP contribution in [0.4, 0.5) is 11.5 Å². The maximum Gasteiger partial charge on any atom is 0.273 e. The average molecular weight is 448 g/mol. The first kappa shape index (κ1) is 22.6. The summed E-state index contributed by atoms with van der Waals surface area (Å²) in [4.78, 5) is 29.2. The zero-order valence-corrected chi connectivity index (χ0v) is 18.0. The fraction of sp³-hybridized carbons (Fsp3) is 0.400. The van der Waals surface area contributed by atoms with E-state index < -0.39 is 20.9 Å². The average Bonchev–Trinajstić information content (AvgIpc) is 2.77. The van der Waals surface area contributed by atoms with Gasteiger partial charge < -0.3 is 10.2 Å². The predicted molar refractivity (Wildman–Crippen MR) is 117 cm³/mol. The number of aromatic nitrogens is 1. The van der Waals surface area contributed by atoms with E-state index in [-0.39, 0.29) is 35.5 Å². The molecule has 2 aromatic rings. The van der Waals surface area contributed by atoms with Crippen molar-refractivity contribution < 1.29 is 18.1 Å². The van der Waals surface area contributed by atoms with Crippen LogP contribution in [0.25, 0.3) is 0 Å². The van der Waals surface area contributed by atoms with Gasteiger partial charge in [-0.2, -0.15) is 4.31 Å². The molecule has 10 nitrogen and oxygen atoms in total. The van der Waals surface area contributed by atoms with E-state index in [4.69, 9.17) is 0 Å². The number of anilines is 1. The van der Waals surface area contributed by atoms with Gasteiger partial charge in [-0.05, 0) is 31.5 Å². The number of hydrogen-bond acceptors (Lipinski definition) is 7. The fourth-order valence-electron chi connectivity index (χ4n) is 3.48. The Morgan fingerprint density at radius 3 is 2.55 bits per heavy atom. The van der Waals surface area contributed by atoms with Crippen LogP contribution in [0.15, 0.2) is 42.6 Å². The lowest BCUT2D eigenvalue weighted by Gasteiger charge is -2.34.